The van der Waals surface area contributed by atoms with E-state index in [9.17, 15) is 0 Å². The highest BCUT2D eigenvalue weighted by molar-refractivity contribution is 7.41. The summed E-state index contributed by atoms with van der Waals surface area (Å²) in [7, 11) is -3.76. The normalized spacial score (nSPS) is 15.4. The summed E-state index contributed by atoms with van der Waals surface area (Å²) in [4.78, 5) is 0. The molecule has 4 heteroatoms. The Morgan fingerprint density at radius 1 is 0.500 bits per heavy atom. The molecule has 108 valence electrons. The average Bonchev–Trinajstić information content (AvgIpc) is 2.08. The third-order valence-corrected chi connectivity index (χ3v) is 41.7. The van der Waals surface area contributed by atoms with Crippen molar-refractivity contribution in [1.29, 1.82) is 0 Å². The molecule has 0 heterocycles. The molecule has 0 bridgehead atoms. The molecule has 0 N–H and O–H groups in total. The van der Waals surface area contributed by atoms with Gasteiger partial charge in [0.2, 0.25) is 0 Å². The second-order valence-electron chi connectivity index (χ2n) is 9.15. The van der Waals surface area contributed by atoms with Crippen molar-refractivity contribution in [2.75, 3.05) is 0 Å². The van der Waals surface area contributed by atoms with Gasteiger partial charge < -0.3 is 0 Å². The molecular formula is C14H36Si4. The summed E-state index contributed by atoms with van der Waals surface area (Å²) in [5, 5.41) is 0. The molecule has 0 saturated heterocycles. The Morgan fingerprint density at radius 3 is 0.889 bits per heavy atom. The van der Waals surface area contributed by atoms with Gasteiger partial charge in [-0.15, -0.1) is 0 Å². The van der Waals surface area contributed by atoms with Crippen LogP contribution in [0.1, 0.15) is 0 Å². The van der Waals surface area contributed by atoms with E-state index in [1.54, 1.807) is 0 Å². The maximum atomic E-state index is 2.59. The Morgan fingerprint density at radius 2 is 0.722 bits per heavy atom. The van der Waals surface area contributed by atoms with E-state index in [1.807, 2.05) is 0 Å². The maximum absolute atomic E-state index is 2.59. The molecule has 0 fully saturated rings. The molecule has 0 nitrogen and oxygen atoms in total. The van der Waals surface area contributed by atoms with Gasteiger partial charge in [0, 0.05) is 30.4 Å². The molecule has 18 heavy (non-hydrogen) atoms. The predicted octanol–water partition coefficient (Wildman–Crippen LogP) is 5.79. The molecule has 0 spiro atoms. The minimum absolute atomic E-state index is 0.910. The van der Waals surface area contributed by atoms with E-state index in [0.29, 0.717) is 0 Å². The highest BCUT2D eigenvalue weighted by Gasteiger charge is 2.36. The minimum Gasteiger partial charge on any atom is -0.0917 e. The van der Waals surface area contributed by atoms with Crippen LogP contribution in [0.15, 0.2) is 12.2 Å². The van der Waals surface area contributed by atoms with Gasteiger partial charge in [-0.3, -0.25) is 0 Å². The topological polar surface area (TPSA) is 0 Å². The third kappa shape index (κ3) is 5.31. The van der Waals surface area contributed by atoms with Gasteiger partial charge in [0.15, 0.2) is 0 Å². The molecule has 0 aromatic heterocycles. The third-order valence-electron chi connectivity index (χ3n) is 5.48. The number of hydrogen-bond donors (Lipinski definition) is 0. The number of allylic oxidation sites excluding steroid dienone is 2. The van der Waals surface area contributed by atoms with Crippen LogP contribution >= 0.6 is 0 Å². The SMILES string of the molecule is C[Si](C)(C)[Si](C)(C)C/C=C/C[Si](C)(C)[Si](C)(C)C. The van der Waals surface area contributed by atoms with E-state index in [4.69, 9.17) is 0 Å². The minimum atomic E-state index is -0.968. The predicted molar refractivity (Wildman–Crippen MR) is 100 cm³/mol. The van der Waals surface area contributed by atoms with Crippen molar-refractivity contribution in [1.82, 2.24) is 0 Å². The van der Waals surface area contributed by atoms with Crippen LogP contribution in [0.5, 0.6) is 0 Å². The molecular weight excluding hydrogens is 280 g/mol. The first-order valence-corrected chi connectivity index (χ1v) is 22.8. The molecule has 0 rings (SSSR count). The standard InChI is InChI=1S/C14H36Si4/c1-15(2,3)17(7,8)13-11-12-14-18(9,10)16(4,5)6/h11-12H,13-14H2,1-10H3/b12-11+. The lowest BCUT2D eigenvalue weighted by Crippen LogP contribution is -2.52. The van der Waals surface area contributed by atoms with Crippen molar-refractivity contribution in [2.24, 2.45) is 0 Å². The van der Waals surface area contributed by atoms with Crippen molar-refractivity contribution < 1.29 is 0 Å². The molecule has 0 aliphatic rings. The van der Waals surface area contributed by atoms with Crippen LogP contribution in [0.4, 0.5) is 0 Å². The summed E-state index contributed by atoms with van der Waals surface area (Å²) < 4.78 is 0. The fraction of sp³-hybridized carbons (Fsp3) is 0.857. The van der Waals surface area contributed by atoms with E-state index >= 15 is 0 Å². The Kier molecular flexibility index (Phi) is 6.13. The van der Waals surface area contributed by atoms with Crippen LogP contribution < -0.4 is 0 Å². The highest BCUT2D eigenvalue weighted by Crippen LogP contribution is 2.26. The summed E-state index contributed by atoms with van der Waals surface area (Å²) in [6, 6.07) is 2.80. The van der Waals surface area contributed by atoms with Crippen molar-refractivity contribution in [3.8, 4) is 0 Å². The van der Waals surface area contributed by atoms with Gasteiger partial charge in [-0.25, -0.2) is 0 Å². The Bertz CT molecular complexity index is 260. The van der Waals surface area contributed by atoms with E-state index in [1.165, 1.54) is 12.1 Å². The van der Waals surface area contributed by atoms with Gasteiger partial charge in [-0.05, 0) is 12.1 Å². The monoisotopic (exact) mass is 316 g/mol. The lowest BCUT2D eigenvalue weighted by Gasteiger charge is -2.35. The second-order valence-corrected chi connectivity index (χ2v) is 43.6. The van der Waals surface area contributed by atoms with E-state index in [0.717, 1.165) is 0 Å². The van der Waals surface area contributed by atoms with Gasteiger partial charge in [0.05, 0.1) is 0 Å². The van der Waals surface area contributed by atoms with Crippen molar-refractivity contribution in [3.05, 3.63) is 12.2 Å². The molecule has 0 aromatic rings. The van der Waals surface area contributed by atoms with Crippen LogP contribution in [0.25, 0.3) is 0 Å². The number of rotatable bonds is 6. The zero-order valence-electron chi connectivity index (χ0n) is 14.6. The summed E-state index contributed by atoms with van der Waals surface area (Å²) in [6.07, 6.45) is 5.08. The first-order valence-electron chi connectivity index (χ1n) is 7.36. The largest absolute Gasteiger partial charge is 0.0917 e. The summed E-state index contributed by atoms with van der Waals surface area (Å²) in [6.45, 7) is 25.6. The lowest BCUT2D eigenvalue weighted by atomic mass is 10.6. The fourth-order valence-electron chi connectivity index (χ4n) is 1.37. The van der Waals surface area contributed by atoms with E-state index in [2.05, 4.69) is 77.6 Å². The van der Waals surface area contributed by atoms with E-state index in [-0.39, 0.29) is 0 Å². The zero-order valence-corrected chi connectivity index (χ0v) is 18.6. The number of hydrogen-bond acceptors (Lipinski definition) is 0. The fourth-order valence-corrected chi connectivity index (χ4v) is 8.49. The zero-order chi connectivity index (χ0) is 14.8. The Balaban J connectivity index is 4.47. The van der Waals surface area contributed by atoms with E-state index < -0.39 is 30.4 Å². The maximum Gasteiger partial charge on any atom is 0.0447 e. The summed E-state index contributed by atoms with van der Waals surface area (Å²) >= 11 is 0. The Hall–Kier alpha value is 0.608. The van der Waals surface area contributed by atoms with Gasteiger partial charge in [0.25, 0.3) is 0 Å². The van der Waals surface area contributed by atoms with Crippen molar-refractivity contribution >= 4 is 30.4 Å². The van der Waals surface area contributed by atoms with Gasteiger partial charge in [0.1, 0.15) is 0 Å². The van der Waals surface area contributed by atoms with Crippen LogP contribution in [0, 0.1) is 0 Å². The second kappa shape index (κ2) is 5.93. The molecule has 0 aliphatic carbocycles. The molecule has 0 aromatic carbocycles. The Labute approximate surface area is 120 Å². The molecule has 0 aliphatic heterocycles. The average molecular weight is 317 g/mol. The van der Waals surface area contributed by atoms with Crippen molar-refractivity contribution in [3.63, 3.8) is 0 Å². The first-order chi connectivity index (χ1) is 7.71. The molecule has 0 amide bonds. The van der Waals surface area contributed by atoms with Crippen LogP contribution in [-0.2, 0) is 0 Å². The lowest BCUT2D eigenvalue weighted by molar-refractivity contribution is 1.47. The van der Waals surface area contributed by atoms with Crippen LogP contribution in [0.3, 0.4) is 0 Å². The van der Waals surface area contributed by atoms with Gasteiger partial charge in [-0.2, -0.15) is 0 Å². The summed E-state index contributed by atoms with van der Waals surface area (Å²) in [5.41, 5.74) is 0. The van der Waals surface area contributed by atoms with Gasteiger partial charge in [-0.1, -0.05) is 77.6 Å². The van der Waals surface area contributed by atoms with Crippen molar-refractivity contribution in [2.45, 2.75) is 77.6 Å². The van der Waals surface area contributed by atoms with Gasteiger partial charge >= 0.3 is 0 Å². The van der Waals surface area contributed by atoms with Crippen LogP contribution in [0.2, 0.25) is 77.6 Å². The molecule has 0 unspecified atom stereocenters. The first kappa shape index (κ1) is 18.6. The molecule has 0 atom stereocenters. The smallest absolute Gasteiger partial charge is 0.0447 e. The molecule has 0 radical (unpaired) electrons. The molecule has 0 saturated carbocycles. The summed E-state index contributed by atoms with van der Waals surface area (Å²) in [5.74, 6) is 0. The van der Waals surface area contributed by atoms with Crippen LogP contribution in [-0.4, -0.2) is 30.4 Å². The quantitative estimate of drug-likeness (QED) is 0.429. The highest BCUT2D eigenvalue weighted by atomic mass is 29.3.